The molecule has 0 aromatic heterocycles. The van der Waals surface area contributed by atoms with Gasteiger partial charge in [0.2, 0.25) is 5.91 Å². The van der Waals surface area contributed by atoms with E-state index in [2.05, 4.69) is 12.2 Å². The number of nitrogens with one attached hydrogen (secondary N) is 1. The molecule has 3 rings (SSSR count). The van der Waals surface area contributed by atoms with E-state index < -0.39 is 12.0 Å². The second-order valence-corrected chi connectivity index (χ2v) is 6.62. The number of hydrogen-bond acceptors (Lipinski definition) is 4. The van der Waals surface area contributed by atoms with Crippen LogP contribution < -0.4 is 10.2 Å². The van der Waals surface area contributed by atoms with Crippen molar-refractivity contribution in [3.05, 3.63) is 59.7 Å². The van der Waals surface area contributed by atoms with Crippen LogP contribution in [0.5, 0.6) is 0 Å². The fraction of sp³-hybridized carbons (Fsp3) is 0.286. The van der Waals surface area contributed by atoms with Crippen molar-refractivity contribution in [1.29, 1.82) is 0 Å². The van der Waals surface area contributed by atoms with Crippen molar-refractivity contribution >= 4 is 29.2 Å². The first kappa shape index (κ1) is 18.6. The molecule has 6 heteroatoms. The van der Waals surface area contributed by atoms with Crippen molar-refractivity contribution in [2.45, 2.75) is 38.6 Å². The number of carboxylic acids is 1. The molecule has 0 unspecified atom stereocenters. The maximum atomic E-state index is 12.7. The van der Waals surface area contributed by atoms with Crippen LogP contribution in [-0.4, -0.2) is 28.9 Å². The van der Waals surface area contributed by atoms with Crippen molar-refractivity contribution in [3.8, 4) is 0 Å². The van der Waals surface area contributed by atoms with E-state index in [1.807, 2.05) is 24.3 Å². The molecule has 1 aliphatic rings. The number of aryl methyl sites for hydroxylation is 1. The third-order valence-corrected chi connectivity index (χ3v) is 4.63. The Hall–Kier alpha value is -3.15. The first-order valence-electron chi connectivity index (χ1n) is 9.05. The topological polar surface area (TPSA) is 86.7 Å². The second kappa shape index (κ2) is 8.03. The first-order chi connectivity index (χ1) is 13.0. The van der Waals surface area contributed by atoms with Gasteiger partial charge in [-0.25, -0.2) is 9.69 Å². The molecule has 2 N–H and O–H groups in total. The lowest BCUT2D eigenvalue weighted by Gasteiger charge is -2.16. The molecule has 2 aromatic carbocycles. The predicted molar refractivity (Wildman–Crippen MR) is 103 cm³/mol. The average molecular weight is 366 g/mol. The number of anilines is 2. The highest BCUT2D eigenvalue weighted by atomic mass is 16.4. The third kappa shape index (κ3) is 4.16. The molecular weight excluding hydrogens is 344 g/mol. The third-order valence-electron chi connectivity index (χ3n) is 4.63. The molecule has 0 spiro atoms. The zero-order valence-electron chi connectivity index (χ0n) is 15.1. The smallest absolute Gasteiger partial charge is 0.335 e. The van der Waals surface area contributed by atoms with Crippen molar-refractivity contribution < 1.29 is 19.5 Å². The van der Waals surface area contributed by atoms with Crippen molar-refractivity contribution in [2.75, 3.05) is 10.2 Å². The first-order valence-corrected chi connectivity index (χ1v) is 9.05. The summed E-state index contributed by atoms with van der Waals surface area (Å²) >= 11 is 0. The average Bonchev–Trinajstić information content (AvgIpc) is 2.94. The summed E-state index contributed by atoms with van der Waals surface area (Å²) in [5.41, 5.74) is 2.53. The van der Waals surface area contributed by atoms with Gasteiger partial charge in [0.25, 0.3) is 5.91 Å². The number of carbonyl (C=O) groups excluding carboxylic acids is 2. The number of carbonyl (C=O) groups is 3. The van der Waals surface area contributed by atoms with Crippen LogP contribution in [0.15, 0.2) is 48.5 Å². The van der Waals surface area contributed by atoms with Crippen LogP contribution in [-0.2, 0) is 16.0 Å². The molecule has 140 valence electrons. The quantitative estimate of drug-likeness (QED) is 0.733. The van der Waals surface area contributed by atoms with Crippen molar-refractivity contribution in [1.82, 2.24) is 0 Å². The number of carboxylic acid groups (broad SMARTS) is 1. The Balaban J connectivity index is 1.70. The minimum absolute atomic E-state index is 0.0666. The Morgan fingerprint density at radius 3 is 2.37 bits per heavy atom. The number of rotatable bonds is 7. The SMILES string of the molecule is CCCCc1ccc(N2C(=O)C[C@H](Nc3ccc(C(=O)O)cc3)C2=O)cc1. The maximum absolute atomic E-state index is 12.7. The number of imide groups is 1. The minimum Gasteiger partial charge on any atom is -0.478 e. The fourth-order valence-corrected chi connectivity index (χ4v) is 3.12. The van der Waals surface area contributed by atoms with Crippen LogP contribution in [0.2, 0.25) is 0 Å². The van der Waals surface area contributed by atoms with Gasteiger partial charge in [0.15, 0.2) is 0 Å². The Labute approximate surface area is 157 Å². The number of unbranched alkanes of at least 4 members (excludes halogenated alkanes) is 1. The molecule has 1 aliphatic heterocycles. The summed E-state index contributed by atoms with van der Waals surface area (Å²) in [5.74, 6) is -1.56. The van der Waals surface area contributed by atoms with Gasteiger partial charge in [-0.2, -0.15) is 0 Å². The Morgan fingerprint density at radius 2 is 1.78 bits per heavy atom. The van der Waals surface area contributed by atoms with Gasteiger partial charge in [-0.05, 0) is 54.8 Å². The molecular formula is C21H22N2O4. The summed E-state index contributed by atoms with van der Waals surface area (Å²) in [5, 5.41) is 12.0. The molecule has 1 fully saturated rings. The van der Waals surface area contributed by atoms with Crippen LogP contribution in [0.25, 0.3) is 0 Å². The van der Waals surface area contributed by atoms with E-state index in [0.717, 1.165) is 19.3 Å². The second-order valence-electron chi connectivity index (χ2n) is 6.62. The summed E-state index contributed by atoms with van der Waals surface area (Å²) in [7, 11) is 0. The Bertz CT molecular complexity index is 843. The fourth-order valence-electron chi connectivity index (χ4n) is 3.12. The summed E-state index contributed by atoms with van der Waals surface area (Å²) in [6.07, 6.45) is 3.27. The van der Waals surface area contributed by atoms with Gasteiger partial charge >= 0.3 is 5.97 Å². The summed E-state index contributed by atoms with van der Waals surface area (Å²) < 4.78 is 0. The van der Waals surface area contributed by atoms with Gasteiger partial charge in [0.05, 0.1) is 17.7 Å². The van der Waals surface area contributed by atoms with Gasteiger partial charge in [0.1, 0.15) is 6.04 Å². The standard InChI is InChI=1S/C21H22N2O4/c1-2-3-4-14-5-11-17(12-6-14)23-19(24)13-18(20(23)25)22-16-9-7-15(8-10-16)21(26)27/h5-12,18,22H,2-4,13H2,1H3,(H,26,27)/t18-/m0/s1. The number of nitrogens with zero attached hydrogens (tertiary/aromatic N) is 1. The van der Waals surface area contributed by atoms with Crippen LogP contribution in [0, 0.1) is 0 Å². The molecule has 2 aromatic rings. The minimum atomic E-state index is -1.01. The van der Waals surface area contributed by atoms with Gasteiger partial charge < -0.3 is 10.4 Å². The molecule has 1 heterocycles. The lowest BCUT2D eigenvalue weighted by molar-refractivity contribution is -0.121. The highest BCUT2D eigenvalue weighted by Crippen LogP contribution is 2.25. The summed E-state index contributed by atoms with van der Waals surface area (Å²) in [4.78, 5) is 37.2. The van der Waals surface area contributed by atoms with E-state index in [1.165, 1.54) is 22.6 Å². The summed E-state index contributed by atoms with van der Waals surface area (Å²) in [6.45, 7) is 2.14. The van der Waals surface area contributed by atoms with Crippen LogP contribution in [0.1, 0.15) is 42.1 Å². The van der Waals surface area contributed by atoms with E-state index in [0.29, 0.717) is 11.4 Å². The molecule has 1 saturated heterocycles. The van der Waals surface area contributed by atoms with Gasteiger partial charge in [0, 0.05) is 5.69 Å². The van der Waals surface area contributed by atoms with Gasteiger partial charge in [-0.15, -0.1) is 0 Å². The van der Waals surface area contributed by atoms with E-state index in [9.17, 15) is 14.4 Å². The monoisotopic (exact) mass is 366 g/mol. The van der Waals surface area contributed by atoms with Gasteiger partial charge in [-0.3, -0.25) is 9.59 Å². The number of benzene rings is 2. The zero-order chi connectivity index (χ0) is 19.4. The highest BCUT2D eigenvalue weighted by molar-refractivity contribution is 6.23. The van der Waals surface area contributed by atoms with Crippen LogP contribution >= 0.6 is 0 Å². The molecule has 0 saturated carbocycles. The van der Waals surface area contributed by atoms with E-state index in [1.54, 1.807) is 12.1 Å². The van der Waals surface area contributed by atoms with E-state index in [4.69, 9.17) is 5.11 Å². The normalized spacial score (nSPS) is 16.6. The molecule has 0 radical (unpaired) electrons. The molecule has 1 atom stereocenters. The lowest BCUT2D eigenvalue weighted by Crippen LogP contribution is -2.34. The molecule has 6 nitrogen and oxygen atoms in total. The van der Waals surface area contributed by atoms with Crippen molar-refractivity contribution in [2.24, 2.45) is 0 Å². The number of amides is 2. The van der Waals surface area contributed by atoms with Crippen LogP contribution in [0.3, 0.4) is 0 Å². The largest absolute Gasteiger partial charge is 0.478 e. The summed E-state index contributed by atoms with van der Waals surface area (Å²) in [6, 6.07) is 13.0. The molecule has 2 amide bonds. The molecule has 0 aliphatic carbocycles. The zero-order valence-corrected chi connectivity index (χ0v) is 15.1. The maximum Gasteiger partial charge on any atom is 0.335 e. The van der Waals surface area contributed by atoms with E-state index in [-0.39, 0.29) is 23.8 Å². The van der Waals surface area contributed by atoms with Crippen molar-refractivity contribution in [3.63, 3.8) is 0 Å². The van der Waals surface area contributed by atoms with Crippen LogP contribution in [0.4, 0.5) is 11.4 Å². The predicted octanol–water partition coefficient (Wildman–Crippen LogP) is 3.47. The number of aromatic carboxylic acids is 1. The lowest BCUT2D eigenvalue weighted by atomic mass is 10.1. The van der Waals surface area contributed by atoms with Gasteiger partial charge in [-0.1, -0.05) is 25.5 Å². The number of hydrogen-bond donors (Lipinski definition) is 2. The molecule has 27 heavy (non-hydrogen) atoms. The highest BCUT2D eigenvalue weighted by Gasteiger charge is 2.39. The Kier molecular flexibility index (Phi) is 5.54. The van der Waals surface area contributed by atoms with E-state index >= 15 is 0 Å². The Morgan fingerprint density at radius 1 is 1.11 bits per heavy atom. The molecule has 0 bridgehead atoms.